The fraction of sp³-hybridized carbons (Fsp3) is 0.833. The van der Waals surface area contributed by atoms with Crippen LogP contribution in [0.2, 0.25) is 0 Å². The Bertz CT molecular complexity index is 190. The van der Waals surface area contributed by atoms with E-state index in [1.165, 1.54) is 32.1 Å². The van der Waals surface area contributed by atoms with E-state index in [1.807, 2.05) is 0 Å². The van der Waals surface area contributed by atoms with Gasteiger partial charge < -0.3 is 0 Å². The second kappa shape index (κ2) is 3.24. The molecule has 68 valence electrons. The Hall–Kier alpha value is -0.260. The first kappa shape index (κ1) is 8.34. The lowest BCUT2D eigenvalue weighted by molar-refractivity contribution is 0.308. The molecule has 1 fully saturated rings. The van der Waals surface area contributed by atoms with E-state index in [4.69, 9.17) is 0 Å². The zero-order chi connectivity index (χ0) is 8.55. The molecular weight excluding hydrogens is 144 g/mol. The summed E-state index contributed by atoms with van der Waals surface area (Å²) in [4.78, 5) is 0. The quantitative estimate of drug-likeness (QED) is 0.478. The van der Waals surface area contributed by atoms with Gasteiger partial charge in [0.05, 0.1) is 0 Å². The van der Waals surface area contributed by atoms with Gasteiger partial charge in [0.25, 0.3) is 0 Å². The van der Waals surface area contributed by atoms with E-state index in [0.717, 1.165) is 17.8 Å². The summed E-state index contributed by atoms with van der Waals surface area (Å²) in [6.45, 7) is 4.77. The van der Waals surface area contributed by atoms with Gasteiger partial charge in [0.15, 0.2) is 0 Å². The van der Waals surface area contributed by atoms with Crippen LogP contribution in [0.4, 0.5) is 0 Å². The number of hydrogen-bond donors (Lipinski definition) is 0. The van der Waals surface area contributed by atoms with Crippen LogP contribution < -0.4 is 0 Å². The van der Waals surface area contributed by atoms with Crippen molar-refractivity contribution >= 4 is 0 Å². The predicted molar refractivity (Wildman–Crippen MR) is 53.0 cm³/mol. The van der Waals surface area contributed by atoms with Crippen molar-refractivity contribution in [2.75, 3.05) is 0 Å². The molecule has 0 aromatic rings. The monoisotopic (exact) mass is 164 g/mol. The van der Waals surface area contributed by atoms with Crippen LogP contribution in [0.3, 0.4) is 0 Å². The lowest BCUT2D eigenvalue weighted by Gasteiger charge is -2.34. The first-order valence-electron chi connectivity index (χ1n) is 5.46. The number of rotatable bonds is 0. The Morgan fingerprint density at radius 3 is 2.83 bits per heavy atom. The van der Waals surface area contributed by atoms with Crippen molar-refractivity contribution in [3.8, 4) is 0 Å². The topological polar surface area (TPSA) is 0 Å². The standard InChI is InChI=1S/C12H20/c1-9-3-5-12-8-10(2)4-6-11(12)7-9/h7,9-10,12H,3-6,8H2,1-2H3. The fourth-order valence-corrected chi connectivity index (χ4v) is 2.81. The first-order chi connectivity index (χ1) is 5.75. The van der Waals surface area contributed by atoms with Gasteiger partial charge in [0.1, 0.15) is 0 Å². The molecule has 0 N–H and O–H groups in total. The highest BCUT2D eigenvalue weighted by Crippen LogP contribution is 2.40. The highest BCUT2D eigenvalue weighted by Gasteiger charge is 2.26. The zero-order valence-electron chi connectivity index (χ0n) is 8.34. The van der Waals surface area contributed by atoms with E-state index in [1.54, 1.807) is 5.57 Å². The minimum Gasteiger partial charge on any atom is -0.0822 e. The maximum atomic E-state index is 2.56. The maximum Gasteiger partial charge on any atom is -0.0200 e. The minimum atomic E-state index is 0.865. The van der Waals surface area contributed by atoms with Gasteiger partial charge in [-0.3, -0.25) is 0 Å². The molecule has 0 nitrogen and oxygen atoms in total. The average Bonchev–Trinajstić information content (AvgIpc) is 2.05. The van der Waals surface area contributed by atoms with E-state index in [9.17, 15) is 0 Å². The van der Waals surface area contributed by atoms with Crippen molar-refractivity contribution in [2.24, 2.45) is 17.8 Å². The normalized spacial score (nSPS) is 41.8. The molecule has 0 aromatic heterocycles. The molecule has 0 amide bonds. The molecule has 1 saturated carbocycles. The van der Waals surface area contributed by atoms with Crippen LogP contribution in [0, 0.1) is 17.8 Å². The largest absolute Gasteiger partial charge is 0.0822 e. The Labute approximate surface area is 76.1 Å². The second-order valence-electron chi connectivity index (χ2n) is 4.87. The molecule has 2 aliphatic rings. The van der Waals surface area contributed by atoms with E-state index in [-0.39, 0.29) is 0 Å². The van der Waals surface area contributed by atoms with Crippen molar-refractivity contribution in [3.63, 3.8) is 0 Å². The molecule has 3 unspecified atom stereocenters. The fourth-order valence-electron chi connectivity index (χ4n) is 2.81. The van der Waals surface area contributed by atoms with Gasteiger partial charge in [0, 0.05) is 0 Å². The lowest BCUT2D eigenvalue weighted by Crippen LogP contribution is -2.20. The van der Waals surface area contributed by atoms with Gasteiger partial charge in [-0.15, -0.1) is 0 Å². The summed E-state index contributed by atoms with van der Waals surface area (Å²) in [6, 6.07) is 0. The molecule has 0 saturated heterocycles. The molecule has 0 heterocycles. The van der Waals surface area contributed by atoms with Crippen LogP contribution in [0.25, 0.3) is 0 Å². The maximum absolute atomic E-state index is 2.56. The highest BCUT2D eigenvalue weighted by atomic mass is 14.3. The molecular formula is C12H20. The predicted octanol–water partition coefficient (Wildman–Crippen LogP) is 3.78. The van der Waals surface area contributed by atoms with Gasteiger partial charge in [-0.2, -0.15) is 0 Å². The van der Waals surface area contributed by atoms with Crippen molar-refractivity contribution < 1.29 is 0 Å². The molecule has 2 aliphatic carbocycles. The van der Waals surface area contributed by atoms with Gasteiger partial charge in [-0.1, -0.05) is 25.5 Å². The van der Waals surface area contributed by atoms with E-state index >= 15 is 0 Å². The van der Waals surface area contributed by atoms with Gasteiger partial charge >= 0.3 is 0 Å². The third-order valence-electron chi connectivity index (χ3n) is 3.61. The minimum absolute atomic E-state index is 0.865. The summed E-state index contributed by atoms with van der Waals surface area (Å²) < 4.78 is 0. The molecule has 0 radical (unpaired) electrons. The molecule has 0 bridgehead atoms. The molecule has 0 heteroatoms. The van der Waals surface area contributed by atoms with E-state index in [0.29, 0.717) is 0 Å². The summed E-state index contributed by atoms with van der Waals surface area (Å²) in [5.74, 6) is 2.83. The third kappa shape index (κ3) is 1.57. The Kier molecular flexibility index (Phi) is 2.25. The zero-order valence-corrected chi connectivity index (χ0v) is 8.34. The van der Waals surface area contributed by atoms with Crippen LogP contribution in [-0.4, -0.2) is 0 Å². The Balaban J connectivity index is 2.08. The molecule has 0 aromatic carbocycles. The molecule has 12 heavy (non-hydrogen) atoms. The van der Waals surface area contributed by atoms with Crippen molar-refractivity contribution in [1.29, 1.82) is 0 Å². The van der Waals surface area contributed by atoms with Crippen molar-refractivity contribution in [1.82, 2.24) is 0 Å². The second-order valence-corrected chi connectivity index (χ2v) is 4.87. The Morgan fingerprint density at radius 1 is 1.17 bits per heavy atom. The van der Waals surface area contributed by atoms with Crippen molar-refractivity contribution in [2.45, 2.75) is 46.0 Å². The van der Waals surface area contributed by atoms with Gasteiger partial charge in [-0.25, -0.2) is 0 Å². The van der Waals surface area contributed by atoms with Crippen LogP contribution in [0.5, 0.6) is 0 Å². The van der Waals surface area contributed by atoms with Crippen LogP contribution in [-0.2, 0) is 0 Å². The number of fused-ring (bicyclic) bond motifs is 1. The van der Waals surface area contributed by atoms with E-state index < -0.39 is 0 Å². The average molecular weight is 164 g/mol. The van der Waals surface area contributed by atoms with E-state index in [2.05, 4.69) is 19.9 Å². The summed E-state index contributed by atoms with van der Waals surface area (Å²) in [5, 5.41) is 0. The summed E-state index contributed by atoms with van der Waals surface area (Å²) in [5.41, 5.74) is 1.80. The van der Waals surface area contributed by atoms with Crippen LogP contribution >= 0.6 is 0 Å². The smallest absolute Gasteiger partial charge is 0.0200 e. The Morgan fingerprint density at radius 2 is 2.00 bits per heavy atom. The van der Waals surface area contributed by atoms with Crippen molar-refractivity contribution in [3.05, 3.63) is 11.6 Å². The third-order valence-corrected chi connectivity index (χ3v) is 3.61. The summed E-state index contributed by atoms with van der Waals surface area (Å²) in [7, 11) is 0. The molecule has 2 rings (SSSR count). The van der Waals surface area contributed by atoms with Crippen LogP contribution in [0.1, 0.15) is 46.0 Å². The SMILES string of the molecule is CC1C=C2CCC(C)CC2CC1. The van der Waals surface area contributed by atoms with Gasteiger partial charge in [-0.05, 0) is 49.9 Å². The summed E-state index contributed by atoms with van der Waals surface area (Å²) >= 11 is 0. The number of hydrogen-bond acceptors (Lipinski definition) is 0. The molecule has 0 aliphatic heterocycles. The first-order valence-corrected chi connectivity index (χ1v) is 5.46. The summed E-state index contributed by atoms with van der Waals surface area (Å²) in [6.07, 6.45) is 9.77. The lowest BCUT2D eigenvalue weighted by atomic mass is 9.72. The highest BCUT2D eigenvalue weighted by molar-refractivity contribution is 5.14. The van der Waals surface area contributed by atoms with Gasteiger partial charge in [0.2, 0.25) is 0 Å². The van der Waals surface area contributed by atoms with Crippen LogP contribution in [0.15, 0.2) is 11.6 Å². The molecule has 3 atom stereocenters. The number of allylic oxidation sites excluding steroid dienone is 2. The molecule has 0 spiro atoms.